The second-order valence-electron chi connectivity index (χ2n) is 3.61. The van der Waals surface area contributed by atoms with Gasteiger partial charge in [-0.3, -0.25) is 4.84 Å². The van der Waals surface area contributed by atoms with Gasteiger partial charge in [0, 0.05) is 12.1 Å². The number of fused-ring (bicyclic) bond motifs is 1. The summed E-state index contributed by atoms with van der Waals surface area (Å²) in [6, 6.07) is 1.39. The van der Waals surface area contributed by atoms with Crippen LogP contribution in [-0.2, 0) is 4.84 Å². The molecule has 2 saturated heterocycles. The van der Waals surface area contributed by atoms with Gasteiger partial charge in [-0.25, -0.2) is 0 Å². The SMILES string of the molecule is C[C@@H]1C[C@H](C)C2CCON21. The van der Waals surface area contributed by atoms with Gasteiger partial charge in [-0.2, -0.15) is 5.06 Å². The molecule has 3 atom stereocenters. The molecule has 2 heteroatoms. The highest BCUT2D eigenvalue weighted by molar-refractivity contribution is 4.88. The van der Waals surface area contributed by atoms with Crippen LogP contribution in [-0.4, -0.2) is 23.8 Å². The maximum atomic E-state index is 5.49. The van der Waals surface area contributed by atoms with Crippen LogP contribution in [0.1, 0.15) is 26.7 Å². The Morgan fingerprint density at radius 3 is 2.90 bits per heavy atom. The first kappa shape index (κ1) is 6.62. The van der Waals surface area contributed by atoms with Crippen LogP contribution < -0.4 is 0 Å². The van der Waals surface area contributed by atoms with Crippen molar-refractivity contribution in [2.24, 2.45) is 5.92 Å². The molecule has 0 radical (unpaired) electrons. The molecular formula is C8H15NO. The largest absolute Gasteiger partial charge is 0.298 e. The number of rotatable bonds is 0. The predicted molar refractivity (Wildman–Crippen MR) is 39.4 cm³/mol. The van der Waals surface area contributed by atoms with Crippen molar-refractivity contribution in [2.75, 3.05) is 6.61 Å². The normalized spacial score (nSPS) is 48.0. The Morgan fingerprint density at radius 1 is 1.40 bits per heavy atom. The summed E-state index contributed by atoms with van der Waals surface area (Å²) in [5.41, 5.74) is 0. The van der Waals surface area contributed by atoms with Gasteiger partial charge in [0.2, 0.25) is 0 Å². The summed E-state index contributed by atoms with van der Waals surface area (Å²) in [7, 11) is 0. The lowest BCUT2D eigenvalue weighted by atomic mass is 10.0. The van der Waals surface area contributed by atoms with E-state index in [9.17, 15) is 0 Å². The lowest BCUT2D eigenvalue weighted by Gasteiger charge is -2.18. The van der Waals surface area contributed by atoms with Gasteiger partial charge in [0.15, 0.2) is 0 Å². The van der Waals surface area contributed by atoms with E-state index in [0.29, 0.717) is 6.04 Å². The lowest BCUT2D eigenvalue weighted by molar-refractivity contribution is -0.139. The first-order chi connectivity index (χ1) is 4.79. The quantitative estimate of drug-likeness (QED) is 0.506. The van der Waals surface area contributed by atoms with Crippen molar-refractivity contribution in [2.45, 2.75) is 38.8 Å². The monoisotopic (exact) mass is 141 g/mol. The molecule has 2 fully saturated rings. The minimum Gasteiger partial charge on any atom is -0.298 e. The van der Waals surface area contributed by atoms with Crippen molar-refractivity contribution in [1.82, 2.24) is 5.06 Å². The minimum absolute atomic E-state index is 0.655. The molecule has 1 unspecified atom stereocenters. The molecule has 10 heavy (non-hydrogen) atoms. The Balaban J connectivity index is 2.11. The van der Waals surface area contributed by atoms with Gasteiger partial charge < -0.3 is 0 Å². The van der Waals surface area contributed by atoms with Crippen molar-refractivity contribution in [3.63, 3.8) is 0 Å². The zero-order chi connectivity index (χ0) is 7.14. The molecule has 0 bridgehead atoms. The smallest absolute Gasteiger partial charge is 0.0701 e. The molecule has 2 nitrogen and oxygen atoms in total. The summed E-state index contributed by atoms with van der Waals surface area (Å²) < 4.78 is 0. The standard InChI is InChI=1S/C8H15NO/c1-6-5-7(2)9-8(6)3-4-10-9/h6-8H,3-5H2,1-2H3/t6-,7+,8?/m0/s1. The van der Waals surface area contributed by atoms with Crippen LogP contribution in [0, 0.1) is 5.92 Å². The fourth-order valence-corrected chi connectivity index (χ4v) is 2.29. The Hall–Kier alpha value is -0.0800. The lowest BCUT2D eigenvalue weighted by Crippen LogP contribution is -2.28. The molecule has 0 aromatic carbocycles. The number of nitrogens with zero attached hydrogens (tertiary/aromatic N) is 1. The molecule has 58 valence electrons. The van der Waals surface area contributed by atoms with Gasteiger partial charge in [0.1, 0.15) is 0 Å². The van der Waals surface area contributed by atoms with Crippen LogP contribution in [0.15, 0.2) is 0 Å². The fourth-order valence-electron chi connectivity index (χ4n) is 2.29. The third-order valence-electron chi connectivity index (χ3n) is 2.79. The third kappa shape index (κ3) is 0.789. The average molecular weight is 141 g/mol. The van der Waals surface area contributed by atoms with E-state index >= 15 is 0 Å². The molecule has 0 spiro atoms. The first-order valence-corrected chi connectivity index (χ1v) is 4.20. The Labute approximate surface area is 62.1 Å². The maximum absolute atomic E-state index is 5.49. The van der Waals surface area contributed by atoms with E-state index in [2.05, 4.69) is 18.9 Å². The van der Waals surface area contributed by atoms with Gasteiger partial charge >= 0.3 is 0 Å². The highest BCUT2D eigenvalue weighted by Gasteiger charge is 2.40. The third-order valence-corrected chi connectivity index (χ3v) is 2.79. The zero-order valence-corrected chi connectivity index (χ0v) is 6.71. The molecular weight excluding hydrogens is 126 g/mol. The topological polar surface area (TPSA) is 12.5 Å². The molecule has 2 aliphatic rings. The van der Waals surface area contributed by atoms with Crippen molar-refractivity contribution in [1.29, 1.82) is 0 Å². The van der Waals surface area contributed by atoms with Crippen LogP contribution in [0.3, 0.4) is 0 Å². The fraction of sp³-hybridized carbons (Fsp3) is 1.00. The van der Waals surface area contributed by atoms with Gasteiger partial charge in [0.25, 0.3) is 0 Å². The molecule has 0 aromatic heterocycles. The minimum atomic E-state index is 0.655. The van der Waals surface area contributed by atoms with Crippen molar-refractivity contribution in [3.05, 3.63) is 0 Å². The molecule has 2 aliphatic heterocycles. The van der Waals surface area contributed by atoms with Crippen molar-refractivity contribution in [3.8, 4) is 0 Å². The molecule has 0 saturated carbocycles. The Morgan fingerprint density at radius 2 is 2.20 bits per heavy atom. The molecule has 0 aliphatic carbocycles. The number of hydrogen-bond donors (Lipinski definition) is 0. The van der Waals surface area contributed by atoms with Crippen molar-refractivity contribution < 1.29 is 4.84 Å². The molecule has 2 rings (SSSR count). The van der Waals surface area contributed by atoms with Crippen LogP contribution in [0.2, 0.25) is 0 Å². The van der Waals surface area contributed by atoms with Crippen LogP contribution in [0.5, 0.6) is 0 Å². The van der Waals surface area contributed by atoms with E-state index < -0.39 is 0 Å². The second-order valence-corrected chi connectivity index (χ2v) is 3.61. The summed E-state index contributed by atoms with van der Waals surface area (Å²) in [6.45, 7) is 5.52. The van der Waals surface area contributed by atoms with Crippen LogP contribution in [0.25, 0.3) is 0 Å². The highest BCUT2D eigenvalue weighted by Crippen LogP contribution is 2.35. The second kappa shape index (κ2) is 2.21. The van der Waals surface area contributed by atoms with Crippen LogP contribution in [0.4, 0.5) is 0 Å². The Kier molecular flexibility index (Phi) is 1.46. The van der Waals surface area contributed by atoms with E-state index in [0.717, 1.165) is 18.6 Å². The van der Waals surface area contributed by atoms with Gasteiger partial charge in [-0.05, 0) is 25.7 Å². The molecule has 0 amide bonds. The summed E-state index contributed by atoms with van der Waals surface area (Å²) in [6.07, 6.45) is 2.55. The molecule has 0 aromatic rings. The van der Waals surface area contributed by atoms with Crippen molar-refractivity contribution >= 4 is 0 Å². The first-order valence-electron chi connectivity index (χ1n) is 4.20. The number of hydrogen-bond acceptors (Lipinski definition) is 2. The number of hydroxylamine groups is 2. The van der Waals surface area contributed by atoms with E-state index in [1.54, 1.807) is 0 Å². The zero-order valence-electron chi connectivity index (χ0n) is 6.71. The molecule has 2 heterocycles. The van der Waals surface area contributed by atoms with E-state index in [1.165, 1.54) is 12.8 Å². The highest BCUT2D eigenvalue weighted by atomic mass is 16.7. The van der Waals surface area contributed by atoms with E-state index in [4.69, 9.17) is 4.84 Å². The van der Waals surface area contributed by atoms with Gasteiger partial charge in [0.05, 0.1) is 6.61 Å². The maximum Gasteiger partial charge on any atom is 0.0701 e. The predicted octanol–water partition coefficient (Wildman–Crippen LogP) is 1.42. The van der Waals surface area contributed by atoms with Crippen LogP contribution >= 0.6 is 0 Å². The molecule has 0 N–H and O–H groups in total. The van der Waals surface area contributed by atoms with E-state index in [-0.39, 0.29) is 0 Å². The summed E-state index contributed by atoms with van der Waals surface area (Å²) in [4.78, 5) is 5.49. The van der Waals surface area contributed by atoms with Gasteiger partial charge in [-0.15, -0.1) is 0 Å². The summed E-state index contributed by atoms with van der Waals surface area (Å²) in [5.74, 6) is 0.845. The summed E-state index contributed by atoms with van der Waals surface area (Å²) >= 11 is 0. The van der Waals surface area contributed by atoms with E-state index in [1.807, 2.05) is 0 Å². The average Bonchev–Trinajstić information content (AvgIpc) is 2.39. The Bertz CT molecular complexity index is 123. The van der Waals surface area contributed by atoms with Gasteiger partial charge in [-0.1, -0.05) is 6.92 Å². The summed E-state index contributed by atoms with van der Waals surface area (Å²) in [5, 5.41) is 2.20.